The molecule has 2 rings (SSSR count). The highest BCUT2D eigenvalue weighted by molar-refractivity contribution is 6.02. The van der Waals surface area contributed by atoms with Crippen LogP contribution in [0.5, 0.6) is 5.75 Å². The molecule has 0 bridgehead atoms. The van der Waals surface area contributed by atoms with Crippen molar-refractivity contribution >= 4 is 23.4 Å². The molecule has 1 aliphatic heterocycles. The molecule has 0 atom stereocenters. The van der Waals surface area contributed by atoms with Crippen molar-refractivity contribution < 1.29 is 37.2 Å². The van der Waals surface area contributed by atoms with E-state index in [1.54, 1.807) is 0 Å². The molecular formula is C16H16F3N3O6. The van der Waals surface area contributed by atoms with Crippen molar-refractivity contribution in [1.29, 1.82) is 0 Å². The first-order valence-corrected chi connectivity index (χ1v) is 8.18. The molecule has 0 saturated carbocycles. The number of likely N-dealkylation sites (tertiary alicyclic amines) is 1. The van der Waals surface area contributed by atoms with Gasteiger partial charge in [0.05, 0.1) is 4.92 Å². The van der Waals surface area contributed by atoms with Gasteiger partial charge >= 0.3 is 6.18 Å². The number of hydrogen-bond acceptors (Lipinski definition) is 6. The Labute approximate surface area is 156 Å². The number of nitrogens with one attached hydrogen (secondary N) is 1. The number of nitro benzene ring substituents is 1. The highest BCUT2D eigenvalue weighted by Gasteiger charge is 2.30. The van der Waals surface area contributed by atoms with Gasteiger partial charge in [0, 0.05) is 32.0 Å². The number of alkyl halides is 3. The van der Waals surface area contributed by atoms with Crippen molar-refractivity contribution in [3.05, 3.63) is 33.9 Å². The van der Waals surface area contributed by atoms with Gasteiger partial charge in [-0.25, -0.2) is 0 Å². The van der Waals surface area contributed by atoms with Crippen molar-refractivity contribution in [2.75, 3.05) is 19.7 Å². The third-order valence-corrected chi connectivity index (χ3v) is 3.81. The lowest BCUT2D eigenvalue weighted by Gasteiger charge is -2.14. The zero-order valence-corrected chi connectivity index (χ0v) is 14.5. The maximum atomic E-state index is 12.2. The minimum Gasteiger partial charge on any atom is -0.484 e. The molecular weight excluding hydrogens is 387 g/mol. The Morgan fingerprint density at radius 3 is 2.46 bits per heavy atom. The standard InChI is InChI=1S/C16H16F3N3O6/c17-16(18,19)9-28-10-2-3-12(22(26)27)11(8-10)15(25)20-6-1-7-21-13(23)4-5-14(21)24/h2-3,8H,1,4-7,9H2,(H,20,25). The fourth-order valence-corrected chi connectivity index (χ4v) is 2.52. The van der Waals surface area contributed by atoms with Crippen molar-refractivity contribution in [2.24, 2.45) is 0 Å². The number of hydrogen-bond donors (Lipinski definition) is 1. The molecule has 9 nitrogen and oxygen atoms in total. The van der Waals surface area contributed by atoms with Crippen molar-refractivity contribution in [2.45, 2.75) is 25.4 Å². The summed E-state index contributed by atoms with van der Waals surface area (Å²) in [5.74, 6) is -1.84. The van der Waals surface area contributed by atoms with E-state index in [1.807, 2.05) is 0 Å². The second kappa shape index (κ2) is 8.67. The van der Waals surface area contributed by atoms with Crippen LogP contribution in [-0.2, 0) is 9.59 Å². The highest BCUT2D eigenvalue weighted by Crippen LogP contribution is 2.26. The summed E-state index contributed by atoms with van der Waals surface area (Å²) in [6.07, 6.45) is -4.10. The maximum absolute atomic E-state index is 12.2. The van der Waals surface area contributed by atoms with Crippen LogP contribution in [-0.4, -0.2) is 53.4 Å². The summed E-state index contributed by atoms with van der Waals surface area (Å²) >= 11 is 0. The van der Waals surface area contributed by atoms with E-state index < -0.39 is 34.9 Å². The third-order valence-electron chi connectivity index (χ3n) is 3.81. The predicted molar refractivity (Wildman–Crippen MR) is 87.6 cm³/mol. The second-order valence-corrected chi connectivity index (χ2v) is 5.89. The molecule has 3 amide bonds. The first-order valence-electron chi connectivity index (χ1n) is 8.18. The van der Waals surface area contributed by atoms with E-state index in [1.165, 1.54) is 0 Å². The largest absolute Gasteiger partial charge is 0.484 e. The number of imide groups is 1. The topological polar surface area (TPSA) is 119 Å². The molecule has 28 heavy (non-hydrogen) atoms. The number of benzene rings is 1. The molecule has 12 heteroatoms. The SMILES string of the molecule is O=C(NCCCN1C(=O)CCC1=O)c1cc(OCC(F)(F)F)ccc1[N+](=O)[O-]. The Balaban J connectivity index is 1.98. The van der Waals surface area contributed by atoms with Gasteiger partial charge in [0.2, 0.25) is 11.8 Å². The third kappa shape index (κ3) is 5.66. The van der Waals surface area contributed by atoms with Gasteiger partial charge in [0.15, 0.2) is 6.61 Å². The van der Waals surface area contributed by atoms with Gasteiger partial charge in [0.25, 0.3) is 11.6 Å². The van der Waals surface area contributed by atoms with E-state index in [-0.39, 0.29) is 49.9 Å². The minimum atomic E-state index is -4.60. The van der Waals surface area contributed by atoms with Crippen molar-refractivity contribution in [3.8, 4) is 5.75 Å². The molecule has 0 aliphatic carbocycles. The molecule has 0 spiro atoms. The van der Waals surface area contributed by atoms with Crippen LogP contribution in [0.4, 0.5) is 18.9 Å². The van der Waals surface area contributed by atoms with Crippen LogP contribution in [0.3, 0.4) is 0 Å². The number of carbonyl (C=O) groups is 3. The molecule has 1 aliphatic rings. The summed E-state index contributed by atoms with van der Waals surface area (Å²) in [4.78, 5) is 46.4. The van der Waals surface area contributed by atoms with E-state index in [0.29, 0.717) is 0 Å². The summed E-state index contributed by atoms with van der Waals surface area (Å²) in [6, 6.07) is 2.69. The van der Waals surface area contributed by atoms with Gasteiger partial charge in [-0.15, -0.1) is 0 Å². The van der Waals surface area contributed by atoms with Gasteiger partial charge in [-0.05, 0) is 18.6 Å². The average Bonchev–Trinajstić information content (AvgIpc) is 2.94. The Hall–Kier alpha value is -3.18. The van der Waals surface area contributed by atoms with Crippen molar-refractivity contribution in [3.63, 3.8) is 0 Å². The van der Waals surface area contributed by atoms with Gasteiger partial charge in [0.1, 0.15) is 11.3 Å². The number of halogens is 3. The zero-order chi connectivity index (χ0) is 20.9. The van der Waals surface area contributed by atoms with Crippen LogP contribution in [0.1, 0.15) is 29.6 Å². The van der Waals surface area contributed by atoms with Crippen LogP contribution in [0.25, 0.3) is 0 Å². The summed E-state index contributed by atoms with van der Waals surface area (Å²) in [5.41, 5.74) is -1.06. The smallest absolute Gasteiger partial charge is 0.422 e. The lowest BCUT2D eigenvalue weighted by atomic mass is 10.1. The molecule has 1 aromatic rings. The van der Waals surface area contributed by atoms with E-state index in [2.05, 4.69) is 10.1 Å². The van der Waals surface area contributed by atoms with Crippen LogP contribution in [0, 0.1) is 10.1 Å². The highest BCUT2D eigenvalue weighted by atomic mass is 19.4. The summed E-state index contributed by atoms with van der Waals surface area (Å²) < 4.78 is 41.2. The summed E-state index contributed by atoms with van der Waals surface area (Å²) in [5, 5.41) is 13.4. The molecule has 152 valence electrons. The van der Waals surface area contributed by atoms with Gasteiger partial charge in [-0.1, -0.05) is 0 Å². The molecule has 1 saturated heterocycles. The van der Waals surface area contributed by atoms with Crippen LogP contribution >= 0.6 is 0 Å². The van der Waals surface area contributed by atoms with E-state index >= 15 is 0 Å². The summed E-state index contributed by atoms with van der Waals surface area (Å²) in [7, 11) is 0. The van der Waals surface area contributed by atoms with Gasteiger partial charge < -0.3 is 10.1 Å². The monoisotopic (exact) mass is 403 g/mol. The quantitative estimate of drug-likeness (QED) is 0.306. The lowest BCUT2D eigenvalue weighted by molar-refractivity contribution is -0.385. The van der Waals surface area contributed by atoms with Crippen LogP contribution in [0.2, 0.25) is 0 Å². The van der Waals surface area contributed by atoms with Gasteiger partial charge in [-0.3, -0.25) is 29.4 Å². The number of nitrogens with zero attached hydrogens (tertiary/aromatic N) is 2. The normalized spacial score (nSPS) is 14.3. The molecule has 0 aromatic heterocycles. The molecule has 0 radical (unpaired) electrons. The predicted octanol–water partition coefficient (Wildman–Crippen LogP) is 1.80. The zero-order valence-electron chi connectivity index (χ0n) is 14.5. The number of rotatable bonds is 8. The molecule has 0 unspecified atom stereocenters. The Kier molecular flexibility index (Phi) is 6.54. The fraction of sp³-hybridized carbons (Fsp3) is 0.438. The lowest BCUT2D eigenvalue weighted by Crippen LogP contribution is -2.33. The van der Waals surface area contributed by atoms with Crippen LogP contribution < -0.4 is 10.1 Å². The molecule has 1 fully saturated rings. The van der Waals surface area contributed by atoms with E-state index in [0.717, 1.165) is 23.1 Å². The molecule has 1 N–H and O–H groups in total. The average molecular weight is 403 g/mol. The molecule has 1 aromatic carbocycles. The fourth-order valence-electron chi connectivity index (χ4n) is 2.52. The van der Waals surface area contributed by atoms with E-state index in [4.69, 9.17) is 0 Å². The minimum absolute atomic E-state index is 0.000678. The maximum Gasteiger partial charge on any atom is 0.422 e. The molecule has 1 heterocycles. The Bertz CT molecular complexity index is 780. The first kappa shape index (κ1) is 21.1. The number of amides is 3. The Morgan fingerprint density at radius 1 is 1.25 bits per heavy atom. The number of ether oxygens (including phenoxy) is 1. The number of nitro groups is 1. The second-order valence-electron chi connectivity index (χ2n) is 5.89. The van der Waals surface area contributed by atoms with Gasteiger partial charge in [-0.2, -0.15) is 13.2 Å². The van der Waals surface area contributed by atoms with Crippen molar-refractivity contribution in [1.82, 2.24) is 10.2 Å². The van der Waals surface area contributed by atoms with E-state index in [9.17, 15) is 37.7 Å². The number of carbonyl (C=O) groups excluding carboxylic acids is 3. The summed E-state index contributed by atoms with van der Waals surface area (Å²) in [6.45, 7) is -1.51. The van der Waals surface area contributed by atoms with Crippen LogP contribution in [0.15, 0.2) is 18.2 Å². The first-order chi connectivity index (χ1) is 13.1. The Morgan fingerprint density at radius 2 is 1.89 bits per heavy atom.